The van der Waals surface area contributed by atoms with Crippen molar-refractivity contribution < 1.29 is 0 Å². The number of benzene rings is 1. The van der Waals surface area contributed by atoms with Crippen LogP contribution in [0.15, 0.2) is 6.07 Å². The maximum Gasteiger partial charge on any atom is 0 e. The van der Waals surface area contributed by atoms with Gasteiger partial charge in [-0.3, -0.25) is 0 Å². The molecule has 0 bridgehead atoms. The summed E-state index contributed by atoms with van der Waals surface area (Å²) in [6, 6.07) is 2.22. The third-order valence-electron chi connectivity index (χ3n) is 2.52. The summed E-state index contributed by atoms with van der Waals surface area (Å²) in [6.07, 6.45) is 0. The average Bonchev–Trinajstić information content (AvgIpc) is 1.97. The van der Waals surface area contributed by atoms with Crippen molar-refractivity contribution in [1.29, 1.82) is 0 Å². The second-order valence-corrected chi connectivity index (χ2v) is 3.24. The summed E-state index contributed by atoms with van der Waals surface area (Å²) < 4.78 is 0. The van der Waals surface area contributed by atoms with Crippen molar-refractivity contribution in [1.82, 2.24) is 0 Å². The molecule has 1 radical (unpaired) electrons. The van der Waals surface area contributed by atoms with Gasteiger partial charge in [0.1, 0.15) is 0 Å². The summed E-state index contributed by atoms with van der Waals surface area (Å²) in [4.78, 5) is 0. The molecule has 0 atom stereocenters. The van der Waals surface area contributed by atoms with Crippen LogP contribution in [0.5, 0.6) is 0 Å². The Balaban J connectivity index is 0. The van der Waals surface area contributed by atoms with Crippen molar-refractivity contribution >= 4 is 0 Å². The van der Waals surface area contributed by atoms with Gasteiger partial charge in [0.2, 0.25) is 0 Å². The molecule has 0 unspecified atom stereocenters. The number of hydrogen-bond donors (Lipinski definition) is 0. The van der Waals surface area contributed by atoms with E-state index >= 15 is 0 Å². The first-order chi connectivity index (χ1) is 5.04. The van der Waals surface area contributed by atoms with Crippen molar-refractivity contribution in [2.75, 3.05) is 0 Å². The van der Waals surface area contributed by atoms with Crippen LogP contribution in [0.2, 0.25) is 0 Å². The number of aryl methyl sites for hydroxylation is 2. The molecule has 0 nitrogen and oxygen atoms in total. The molecule has 83 valence electrons. The SMILES string of the molecule is [CH2-]c1c(C)c(C)cc(C)c1C.[CH3-].[Lr]. The summed E-state index contributed by atoms with van der Waals surface area (Å²) in [5.41, 5.74) is 6.54. The van der Waals surface area contributed by atoms with Crippen molar-refractivity contribution in [3.63, 3.8) is 0 Å². The summed E-state index contributed by atoms with van der Waals surface area (Å²) in [6.45, 7) is 12.6. The largest absolute Gasteiger partial charge is 0.358 e. The first-order valence-corrected chi connectivity index (χ1v) is 3.93. The second kappa shape index (κ2) is 4.20. The van der Waals surface area contributed by atoms with Gasteiger partial charge in [-0.25, -0.2) is 0 Å². The second-order valence-electron chi connectivity index (χ2n) is 3.24. The van der Waals surface area contributed by atoms with Crippen LogP contribution in [0.25, 0.3) is 0 Å². The maximum absolute atomic E-state index is 4.04. The van der Waals surface area contributed by atoms with E-state index in [0.29, 0.717) is 0 Å². The van der Waals surface area contributed by atoms with Crippen LogP contribution < -0.4 is 0 Å². The van der Waals surface area contributed by atoms with Gasteiger partial charge in [0, 0.05) is 0 Å². The van der Waals surface area contributed by atoms with Gasteiger partial charge in [-0.2, -0.15) is 12.5 Å². The average molecular weight is 424 g/mol. The zero-order valence-electron chi connectivity index (χ0n) is 9.04. The van der Waals surface area contributed by atoms with E-state index in [1.54, 1.807) is 0 Å². The van der Waals surface area contributed by atoms with Gasteiger partial charge in [-0.05, 0) is 0 Å². The molecular formula is C12H18Lr-2. The molecule has 0 N–H and O–H groups in total. The van der Waals surface area contributed by atoms with E-state index in [4.69, 9.17) is 0 Å². The summed E-state index contributed by atoms with van der Waals surface area (Å²) in [5, 5.41) is 0. The van der Waals surface area contributed by atoms with Gasteiger partial charge in [-0.15, -0.1) is 22.3 Å². The Hall–Kier alpha value is -1.91. The Morgan fingerprint density at radius 3 is 1.54 bits per heavy atom. The van der Waals surface area contributed by atoms with E-state index in [2.05, 4.69) is 40.7 Å². The standard InChI is InChI=1S/C11H15.CH3.Lr/c1-7-6-8(2)10(4)11(5)9(7)3;;/h6H,5H2,1-4H3;1H3;/q2*-1;. The first-order valence-electron chi connectivity index (χ1n) is 3.93. The minimum Gasteiger partial charge on any atom is -0.358 e. The fourth-order valence-corrected chi connectivity index (χ4v) is 1.30. The molecule has 0 aliphatic heterocycles. The monoisotopic (exact) mass is 424 g/mol. The predicted molar refractivity (Wildman–Crippen MR) is 56.3 cm³/mol. The Morgan fingerprint density at radius 1 is 0.923 bits per heavy atom. The molecule has 0 aliphatic carbocycles. The summed E-state index contributed by atoms with van der Waals surface area (Å²) in [5.74, 6) is 0. The quantitative estimate of drug-likeness (QED) is 0.559. The van der Waals surface area contributed by atoms with E-state index < -0.39 is 0 Å². The zero-order chi connectivity index (χ0) is 8.59. The molecule has 13 heavy (non-hydrogen) atoms. The van der Waals surface area contributed by atoms with E-state index in [-0.39, 0.29) is 7.43 Å². The summed E-state index contributed by atoms with van der Waals surface area (Å²) >= 11 is 0. The van der Waals surface area contributed by atoms with Crippen molar-refractivity contribution in [3.8, 4) is 0 Å². The van der Waals surface area contributed by atoms with Gasteiger partial charge >= 0.3 is 0 Å². The summed E-state index contributed by atoms with van der Waals surface area (Å²) in [7, 11) is 0. The first kappa shape index (κ1) is 13.7. The Labute approximate surface area is 76.6 Å². The van der Waals surface area contributed by atoms with Gasteiger partial charge in [0.15, 0.2) is 0 Å². The van der Waals surface area contributed by atoms with E-state index in [1.807, 2.05) is 0 Å². The molecule has 0 aliphatic rings. The molecule has 1 aromatic rings. The minimum atomic E-state index is 0. The molecule has 0 aromatic heterocycles. The van der Waals surface area contributed by atoms with Gasteiger partial charge < -0.3 is 7.43 Å². The molecule has 1 rings (SSSR count). The van der Waals surface area contributed by atoms with Gasteiger partial charge in [0.05, 0.1) is 0 Å². The minimum absolute atomic E-state index is 0. The molecule has 0 saturated carbocycles. The number of rotatable bonds is 0. The van der Waals surface area contributed by atoms with Crippen LogP contribution in [0.3, 0.4) is 0 Å². The topological polar surface area (TPSA) is 0 Å². The molecule has 1 heteroatoms. The Bertz CT molecular complexity index is 261. The molecule has 0 spiro atoms. The van der Waals surface area contributed by atoms with E-state index in [9.17, 15) is 0 Å². The Morgan fingerprint density at radius 2 is 1.23 bits per heavy atom. The molecule has 0 saturated heterocycles. The van der Waals surface area contributed by atoms with Crippen molar-refractivity contribution in [2.24, 2.45) is 0 Å². The molecule has 0 fully saturated rings. The van der Waals surface area contributed by atoms with Crippen LogP contribution in [-0.4, -0.2) is 0 Å². The van der Waals surface area contributed by atoms with Crippen LogP contribution in [0.1, 0.15) is 27.8 Å². The van der Waals surface area contributed by atoms with Gasteiger partial charge in [0.25, 0.3) is 0 Å². The van der Waals surface area contributed by atoms with E-state index in [0.717, 1.165) is 0 Å². The van der Waals surface area contributed by atoms with Crippen molar-refractivity contribution in [3.05, 3.63) is 48.2 Å². The fraction of sp³-hybridized carbons (Fsp3) is 0.333. The van der Waals surface area contributed by atoms with Crippen molar-refractivity contribution in [2.45, 2.75) is 27.7 Å². The van der Waals surface area contributed by atoms with Gasteiger partial charge in [-0.1, -0.05) is 33.8 Å². The van der Waals surface area contributed by atoms with Crippen LogP contribution in [0, 0.1) is 42.0 Å². The smallest absolute Gasteiger partial charge is 0 e. The fourth-order valence-electron chi connectivity index (χ4n) is 1.30. The normalized spacial score (nSPS) is 8.62. The maximum atomic E-state index is 4.04. The van der Waals surface area contributed by atoms with Crippen LogP contribution >= 0.6 is 0 Å². The molecular weight excluding hydrogens is 406 g/mol. The molecule has 1 aromatic carbocycles. The third-order valence-corrected chi connectivity index (χ3v) is 2.52. The van der Waals surface area contributed by atoms with Crippen LogP contribution in [0.4, 0.5) is 0 Å². The number of hydrogen-bond acceptors (Lipinski definition) is 0. The zero-order valence-corrected chi connectivity index (χ0v) is 11.2. The van der Waals surface area contributed by atoms with Crippen LogP contribution in [-0.2, 0) is 0 Å². The molecule has 0 amide bonds. The van der Waals surface area contributed by atoms with E-state index in [1.165, 1.54) is 27.8 Å². The third kappa shape index (κ3) is 2.02. The predicted octanol–water partition coefficient (Wildman–Crippen LogP) is 3.55. The molecule has 0 heterocycles. The Kier molecular flexibility index (Phi) is 4.41.